The Morgan fingerprint density at radius 2 is 1.63 bits per heavy atom. The predicted octanol–water partition coefficient (Wildman–Crippen LogP) is 5.13. The van der Waals surface area contributed by atoms with E-state index in [1.807, 2.05) is 11.8 Å². The number of nitrogens with zero attached hydrogens (tertiary/aromatic N) is 2. The van der Waals surface area contributed by atoms with E-state index in [2.05, 4.69) is 10.2 Å². The van der Waals surface area contributed by atoms with Crippen LogP contribution in [0.5, 0.6) is 0 Å². The van der Waals surface area contributed by atoms with Gasteiger partial charge in [-0.05, 0) is 69.6 Å². The van der Waals surface area contributed by atoms with Gasteiger partial charge in [-0.3, -0.25) is 4.79 Å². The first-order valence-corrected chi connectivity index (χ1v) is 12.3. The van der Waals surface area contributed by atoms with Gasteiger partial charge in [0.15, 0.2) is 0 Å². The van der Waals surface area contributed by atoms with Gasteiger partial charge in [0.25, 0.3) is 0 Å². The van der Waals surface area contributed by atoms with Crippen LogP contribution in [0.3, 0.4) is 0 Å². The van der Waals surface area contributed by atoms with Crippen molar-refractivity contribution in [3.8, 4) is 0 Å². The van der Waals surface area contributed by atoms with Crippen LogP contribution in [0.2, 0.25) is 0 Å². The van der Waals surface area contributed by atoms with E-state index in [4.69, 9.17) is 10.5 Å². The van der Waals surface area contributed by atoms with Crippen molar-refractivity contribution in [3.63, 3.8) is 0 Å². The SMILES string of the molecule is NCCCCCC(=O)OCCSCC1CCC(N=NC2CCCCC2)CC1. The molecule has 0 aromatic heterocycles. The van der Waals surface area contributed by atoms with Crippen LogP contribution < -0.4 is 5.73 Å². The Bertz CT molecular complexity index is 420. The van der Waals surface area contributed by atoms with Crippen molar-refractivity contribution in [1.29, 1.82) is 0 Å². The number of hydrogen-bond acceptors (Lipinski definition) is 6. The molecule has 0 atom stereocenters. The maximum Gasteiger partial charge on any atom is 0.305 e. The van der Waals surface area contributed by atoms with Gasteiger partial charge < -0.3 is 10.5 Å². The molecular weight excluding hydrogens is 358 g/mol. The van der Waals surface area contributed by atoms with Crippen molar-refractivity contribution < 1.29 is 9.53 Å². The summed E-state index contributed by atoms with van der Waals surface area (Å²) >= 11 is 1.92. The van der Waals surface area contributed by atoms with Crippen LogP contribution in [0, 0.1) is 5.92 Å². The average Bonchev–Trinajstić information content (AvgIpc) is 2.71. The number of rotatable bonds is 12. The molecule has 0 spiro atoms. The van der Waals surface area contributed by atoms with Crippen LogP contribution in [0.1, 0.15) is 83.5 Å². The lowest BCUT2D eigenvalue weighted by atomic mass is 9.88. The molecule has 27 heavy (non-hydrogen) atoms. The Hall–Kier alpha value is -0.620. The fourth-order valence-electron chi connectivity index (χ4n) is 3.94. The van der Waals surface area contributed by atoms with Crippen molar-refractivity contribution in [2.75, 3.05) is 24.7 Å². The highest BCUT2D eigenvalue weighted by atomic mass is 32.2. The Morgan fingerprint density at radius 1 is 0.926 bits per heavy atom. The smallest absolute Gasteiger partial charge is 0.305 e. The largest absolute Gasteiger partial charge is 0.465 e. The summed E-state index contributed by atoms with van der Waals surface area (Å²) in [5.41, 5.74) is 5.45. The summed E-state index contributed by atoms with van der Waals surface area (Å²) in [7, 11) is 0. The molecule has 2 rings (SSSR count). The number of ether oxygens (including phenoxy) is 1. The number of unbranched alkanes of at least 4 members (excludes halogenated alkanes) is 2. The third-order valence-electron chi connectivity index (χ3n) is 5.71. The standard InChI is InChI=1S/C21H39N3O2S/c22-14-6-2-5-9-21(25)26-15-16-27-17-18-10-12-20(13-11-18)24-23-19-7-3-1-4-8-19/h18-20H,1-17,22H2. The molecule has 5 nitrogen and oxygen atoms in total. The number of thioether (sulfide) groups is 1. The number of carbonyl (C=O) groups is 1. The number of esters is 1. The van der Waals surface area contributed by atoms with Gasteiger partial charge in [0.05, 0.1) is 12.1 Å². The fourth-order valence-corrected chi connectivity index (χ4v) is 4.97. The monoisotopic (exact) mass is 397 g/mol. The van der Waals surface area contributed by atoms with Crippen molar-refractivity contribution in [3.05, 3.63) is 0 Å². The van der Waals surface area contributed by atoms with E-state index in [0.717, 1.165) is 30.9 Å². The molecule has 0 heterocycles. The molecule has 2 fully saturated rings. The molecule has 2 aliphatic carbocycles. The van der Waals surface area contributed by atoms with E-state index in [9.17, 15) is 4.79 Å². The minimum absolute atomic E-state index is 0.0588. The molecule has 0 unspecified atom stereocenters. The van der Waals surface area contributed by atoms with E-state index in [0.29, 0.717) is 31.7 Å². The molecule has 2 saturated carbocycles. The van der Waals surface area contributed by atoms with E-state index in [1.54, 1.807) is 0 Å². The number of azo groups is 1. The van der Waals surface area contributed by atoms with Crippen LogP contribution in [0.15, 0.2) is 10.2 Å². The second-order valence-corrected chi connectivity index (χ2v) is 9.24. The van der Waals surface area contributed by atoms with E-state index in [1.165, 1.54) is 63.5 Å². The molecule has 0 saturated heterocycles. The quantitative estimate of drug-likeness (QED) is 0.281. The zero-order valence-corrected chi connectivity index (χ0v) is 17.8. The van der Waals surface area contributed by atoms with Crippen LogP contribution in [0.25, 0.3) is 0 Å². The molecule has 0 amide bonds. The van der Waals surface area contributed by atoms with Crippen LogP contribution >= 0.6 is 11.8 Å². The molecule has 0 aromatic carbocycles. The lowest BCUT2D eigenvalue weighted by Gasteiger charge is -2.26. The summed E-state index contributed by atoms with van der Waals surface area (Å²) in [6.45, 7) is 1.25. The molecule has 0 radical (unpaired) electrons. The third kappa shape index (κ3) is 10.5. The zero-order chi connectivity index (χ0) is 19.2. The van der Waals surface area contributed by atoms with Gasteiger partial charge in [-0.1, -0.05) is 25.7 Å². The molecule has 0 aromatic rings. The first kappa shape index (κ1) is 22.7. The van der Waals surface area contributed by atoms with Gasteiger partial charge in [0.1, 0.15) is 6.61 Å². The summed E-state index contributed by atoms with van der Waals surface area (Å²) in [4.78, 5) is 11.6. The second-order valence-electron chi connectivity index (χ2n) is 8.09. The predicted molar refractivity (Wildman–Crippen MR) is 113 cm³/mol. The number of hydrogen-bond donors (Lipinski definition) is 1. The van der Waals surface area contributed by atoms with Gasteiger partial charge in [-0.2, -0.15) is 22.0 Å². The lowest BCUT2D eigenvalue weighted by Crippen LogP contribution is -2.19. The van der Waals surface area contributed by atoms with Crippen molar-refractivity contribution >= 4 is 17.7 Å². The fraction of sp³-hybridized carbons (Fsp3) is 0.952. The molecule has 6 heteroatoms. The molecule has 0 aliphatic heterocycles. The van der Waals surface area contributed by atoms with Gasteiger partial charge in [-0.25, -0.2) is 0 Å². The normalized spacial score (nSPS) is 24.3. The van der Waals surface area contributed by atoms with Gasteiger partial charge in [0.2, 0.25) is 0 Å². The van der Waals surface area contributed by atoms with Crippen molar-refractivity contribution in [2.24, 2.45) is 21.9 Å². The summed E-state index contributed by atoms with van der Waals surface area (Å²) in [5.74, 6) is 2.83. The molecular formula is C21H39N3O2S. The Morgan fingerprint density at radius 3 is 2.33 bits per heavy atom. The average molecular weight is 398 g/mol. The van der Waals surface area contributed by atoms with E-state index in [-0.39, 0.29) is 5.97 Å². The highest BCUT2D eigenvalue weighted by Crippen LogP contribution is 2.30. The van der Waals surface area contributed by atoms with Crippen LogP contribution in [-0.4, -0.2) is 42.7 Å². The summed E-state index contributed by atoms with van der Waals surface area (Å²) in [6.07, 6.45) is 14.9. The first-order valence-electron chi connectivity index (χ1n) is 11.1. The highest BCUT2D eigenvalue weighted by Gasteiger charge is 2.21. The zero-order valence-electron chi connectivity index (χ0n) is 16.9. The van der Waals surface area contributed by atoms with Crippen LogP contribution in [0.4, 0.5) is 0 Å². The van der Waals surface area contributed by atoms with E-state index < -0.39 is 0 Å². The third-order valence-corrected chi connectivity index (χ3v) is 6.88. The highest BCUT2D eigenvalue weighted by molar-refractivity contribution is 7.99. The number of carbonyl (C=O) groups excluding carboxylic acids is 1. The molecule has 2 aliphatic rings. The minimum Gasteiger partial charge on any atom is -0.465 e. The Kier molecular flexibility index (Phi) is 12.1. The van der Waals surface area contributed by atoms with Crippen LogP contribution in [-0.2, 0) is 9.53 Å². The summed E-state index contributed by atoms with van der Waals surface area (Å²) in [6, 6.07) is 0.976. The Labute approximate surface area is 169 Å². The lowest BCUT2D eigenvalue weighted by molar-refractivity contribution is -0.143. The molecule has 2 N–H and O–H groups in total. The summed E-state index contributed by atoms with van der Waals surface area (Å²) in [5, 5.41) is 9.29. The Balaban J connectivity index is 1.44. The minimum atomic E-state index is -0.0588. The molecule has 156 valence electrons. The topological polar surface area (TPSA) is 77.0 Å². The van der Waals surface area contributed by atoms with Crippen molar-refractivity contribution in [1.82, 2.24) is 0 Å². The van der Waals surface area contributed by atoms with E-state index >= 15 is 0 Å². The molecule has 0 bridgehead atoms. The second kappa shape index (κ2) is 14.4. The summed E-state index contributed by atoms with van der Waals surface area (Å²) < 4.78 is 5.30. The number of nitrogens with two attached hydrogens (primary N) is 1. The van der Waals surface area contributed by atoms with Gasteiger partial charge in [0, 0.05) is 12.2 Å². The first-order chi connectivity index (χ1) is 13.3. The van der Waals surface area contributed by atoms with Gasteiger partial charge >= 0.3 is 5.97 Å². The maximum absolute atomic E-state index is 11.6. The maximum atomic E-state index is 11.6. The van der Waals surface area contributed by atoms with Crippen molar-refractivity contribution in [2.45, 2.75) is 95.6 Å². The van der Waals surface area contributed by atoms with Gasteiger partial charge in [-0.15, -0.1) is 0 Å².